The van der Waals surface area contributed by atoms with Crippen molar-refractivity contribution in [3.63, 3.8) is 0 Å². The second-order valence-corrected chi connectivity index (χ2v) is 6.23. The SMILES string of the molecule is CN(CCC(=O)O)S(=O)(=O)N(C)Cc1ccncc1. The van der Waals surface area contributed by atoms with Crippen LogP contribution in [0.15, 0.2) is 24.5 Å². The van der Waals surface area contributed by atoms with E-state index >= 15 is 0 Å². The van der Waals surface area contributed by atoms with Crippen molar-refractivity contribution in [2.45, 2.75) is 13.0 Å². The summed E-state index contributed by atoms with van der Waals surface area (Å²) in [5, 5.41) is 8.56. The minimum Gasteiger partial charge on any atom is -0.481 e. The number of hydrogen-bond acceptors (Lipinski definition) is 4. The summed E-state index contributed by atoms with van der Waals surface area (Å²) in [7, 11) is -0.836. The molecule has 0 aromatic carbocycles. The van der Waals surface area contributed by atoms with E-state index in [1.54, 1.807) is 24.5 Å². The third-order valence-electron chi connectivity index (χ3n) is 2.58. The fraction of sp³-hybridized carbons (Fsp3) is 0.455. The Balaban J connectivity index is 2.68. The summed E-state index contributed by atoms with van der Waals surface area (Å²) >= 11 is 0. The van der Waals surface area contributed by atoms with Gasteiger partial charge in [0.1, 0.15) is 0 Å². The number of rotatable bonds is 7. The van der Waals surface area contributed by atoms with E-state index in [9.17, 15) is 13.2 Å². The molecule has 0 bridgehead atoms. The summed E-state index contributed by atoms with van der Waals surface area (Å²) in [6.07, 6.45) is 2.95. The number of nitrogens with zero attached hydrogens (tertiary/aromatic N) is 3. The molecule has 0 saturated heterocycles. The van der Waals surface area contributed by atoms with E-state index in [-0.39, 0.29) is 19.5 Å². The van der Waals surface area contributed by atoms with Crippen molar-refractivity contribution < 1.29 is 18.3 Å². The monoisotopic (exact) mass is 287 g/mol. The van der Waals surface area contributed by atoms with E-state index in [4.69, 9.17) is 5.11 Å². The van der Waals surface area contributed by atoms with Gasteiger partial charge in [0.25, 0.3) is 10.2 Å². The van der Waals surface area contributed by atoms with Gasteiger partial charge < -0.3 is 5.11 Å². The maximum absolute atomic E-state index is 12.1. The molecule has 0 aliphatic carbocycles. The van der Waals surface area contributed by atoms with E-state index in [2.05, 4.69) is 4.98 Å². The highest BCUT2D eigenvalue weighted by molar-refractivity contribution is 7.86. The Morgan fingerprint density at radius 3 is 2.37 bits per heavy atom. The van der Waals surface area contributed by atoms with Crippen molar-refractivity contribution in [1.82, 2.24) is 13.6 Å². The molecule has 0 fully saturated rings. The molecule has 106 valence electrons. The molecule has 1 N–H and O–H groups in total. The van der Waals surface area contributed by atoms with Crippen LogP contribution < -0.4 is 0 Å². The van der Waals surface area contributed by atoms with Gasteiger partial charge >= 0.3 is 5.97 Å². The van der Waals surface area contributed by atoms with Crippen molar-refractivity contribution in [2.75, 3.05) is 20.6 Å². The smallest absolute Gasteiger partial charge is 0.304 e. The zero-order chi connectivity index (χ0) is 14.5. The Bertz CT molecular complexity index is 518. The molecule has 1 heterocycles. The second kappa shape index (κ2) is 6.60. The molecule has 0 atom stereocenters. The van der Waals surface area contributed by atoms with Gasteiger partial charge in [-0.3, -0.25) is 9.78 Å². The van der Waals surface area contributed by atoms with Gasteiger partial charge in [0.15, 0.2) is 0 Å². The number of hydrogen-bond donors (Lipinski definition) is 1. The Morgan fingerprint density at radius 1 is 1.26 bits per heavy atom. The van der Waals surface area contributed by atoms with Gasteiger partial charge in [-0.15, -0.1) is 0 Å². The molecule has 0 aliphatic heterocycles. The lowest BCUT2D eigenvalue weighted by Gasteiger charge is -2.23. The van der Waals surface area contributed by atoms with Gasteiger partial charge in [-0.1, -0.05) is 0 Å². The zero-order valence-electron chi connectivity index (χ0n) is 10.9. The van der Waals surface area contributed by atoms with Crippen molar-refractivity contribution in [2.24, 2.45) is 0 Å². The Hall–Kier alpha value is -1.51. The normalized spacial score (nSPS) is 12.0. The molecule has 7 nitrogen and oxygen atoms in total. The summed E-state index contributed by atoms with van der Waals surface area (Å²) in [6, 6.07) is 3.45. The molecule has 8 heteroatoms. The lowest BCUT2D eigenvalue weighted by Crippen LogP contribution is -2.40. The van der Waals surface area contributed by atoms with Crippen LogP contribution in [-0.4, -0.2) is 53.7 Å². The van der Waals surface area contributed by atoms with Crippen LogP contribution in [-0.2, 0) is 21.5 Å². The molecule has 0 amide bonds. The maximum atomic E-state index is 12.1. The molecular weight excluding hydrogens is 270 g/mol. The summed E-state index contributed by atoms with van der Waals surface area (Å²) in [5.74, 6) is -1.03. The van der Waals surface area contributed by atoms with Gasteiger partial charge in [-0.05, 0) is 17.7 Å². The van der Waals surface area contributed by atoms with Gasteiger partial charge in [-0.25, -0.2) is 0 Å². The van der Waals surface area contributed by atoms with E-state index in [0.717, 1.165) is 9.87 Å². The number of aliphatic carboxylic acids is 1. The van der Waals surface area contributed by atoms with Crippen LogP contribution in [0, 0.1) is 0 Å². The average molecular weight is 287 g/mol. The van der Waals surface area contributed by atoms with Gasteiger partial charge in [0.05, 0.1) is 6.42 Å². The number of aromatic nitrogens is 1. The summed E-state index contributed by atoms with van der Waals surface area (Å²) in [4.78, 5) is 14.3. The topological polar surface area (TPSA) is 90.8 Å². The number of carboxylic acid groups (broad SMARTS) is 1. The van der Waals surface area contributed by atoms with Gasteiger partial charge in [-0.2, -0.15) is 17.0 Å². The first-order valence-electron chi connectivity index (χ1n) is 5.62. The zero-order valence-corrected chi connectivity index (χ0v) is 11.7. The van der Waals surface area contributed by atoms with E-state index < -0.39 is 16.2 Å². The standard InChI is InChI=1S/C11H17N3O4S/c1-13(8-5-11(15)16)19(17,18)14(2)9-10-3-6-12-7-4-10/h3-4,6-7H,5,8-9H2,1-2H3,(H,15,16). The molecule has 1 aromatic rings. The Labute approximate surface area is 112 Å². The molecular formula is C11H17N3O4S. The number of carbonyl (C=O) groups is 1. The van der Waals surface area contributed by atoms with Crippen molar-refractivity contribution in [1.29, 1.82) is 0 Å². The van der Waals surface area contributed by atoms with Crippen LogP contribution >= 0.6 is 0 Å². The minimum absolute atomic E-state index is 0.0572. The largest absolute Gasteiger partial charge is 0.481 e. The van der Waals surface area contributed by atoms with E-state index in [1.165, 1.54) is 18.4 Å². The number of pyridine rings is 1. The van der Waals surface area contributed by atoms with Crippen molar-refractivity contribution >= 4 is 16.2 Å². The predicted octanol–water partition coefficient (Wildman–Crippen LogP) is 0.165. The molecule has 19 heavy (non-hydrogen) atoms. The summed E-state index contributed by atoms with van der Waals surface area (Å²) in [6.45, 7) is 0.153. The summed E-state index contributed by atoms with van der Waals surface area (Å²) < 4.78 is 26.4. The third kappa shape index (κ3) is 4.58. The van der Waals surface area contributed by atoms with Crippen LogP contribution in [0.3, 0.4) is 0 Å². The van der Waals surface area contributed by atoms with Crippen LogP contribution in [0.2, 0.25) is 0 Å². The van der Waals surface area contributed by atoms with Crippen molar-refractivity contribution in [3.05, 3.63) is 30.1 Å². The highest BCUT2D eigenvalue weighted by Crippen LogP contribution is 2.09. The molecule has 0 aliphatic rings. The third-order valence-corrected chi connectivity index (χ3v) is 4.47. The highest BCUT2D eigenvalue weighted by atomic mass is 32.2. The second-order valence-electron chi connectivity index (χ2n) is 4.08. The van der Waals surface area contributed by atoms with Crippen LogP contribution in [0.4, 0.5) is 0 Å². The fourth-order valence-electron chi connectivity index (χ4n) is 1.43. The van der Waals surface area contributed by atoms with Crippen LogP contribution in [0.5, 0.6) is 0 Å². The Kier molecular flexibility index (Phi) is 5.40. The minimum atomic E-state index is -3.65. The molecule has 0 unspecified atom stereocenters. The van der Waals surface area contributed by atoms with Crippen LogP contribution in [0.25, 0.3) is 0 Å². The van der Waals surface area contributed by atoms with Gasteiger partial charge in [0, 0.05) is 39.6 Å². The van der Waals surface area contributed by atoms with Crippen LogP contribution in [0.1, 0.15) is 12.0 Å². The predicted molar refractivity (Wildman–Crippen MR) is 69.5 cm³/mol. The number of carboxylic acids is 1. The molecule has 1 aromatic heterocycles. The average Bonchev–Trinajstić information content (AvgIpc) is 2.36. The first-order chi connectivity index (χ1) is 8.84. The lowest BCUT2D eigenvalue weighted by atomic mass is 10.3. The lowest BCUT2D eigenvalue weighted by molar-refractivity contribution is -0.137. The first kappa shape index (κ1) is 15.5. The quantitative estimate of drug-likeness (QED) is 0.771. The fourth-order valence-corrected chi connectivity index (χ4v) is 2.54. The molecule has 0 saturated carbocycles. The van der Waals surface area contributed by atoms with E-state index in [1.807, 2.05) is 0 Å². The highest BCUT2D eigenvalue weighted by Gasteiger charge is 2.23. The molecule has 1 rings (SSSR count). The van der Waals surface area contributed by atoms with E-state index in [0.29, 0.717) is 0 Å². The molecule has 0 radical (unpaired) electrons. The molecule has 0 spiro atoms. The maximum Gasteiger partial charge on any atom is 0.304 e. The van der Waals surface area contributed by atoms with Gasteiger partial charge in [0.2, 0.25) is 0 Å². The Morgan fingerprint density at radius 2 is 1.84 bits per heavy atom. The van der Waals surface area contributed by atoms with Crippen molar-refractivity contribution in [3.8, 4) is 0 Å². The first-order valence-corrected chi connectivity index (χ1v) is 7.02. The summed E-state index contributed by atoms with van der Waals surface area (Å²) in [5.41, 5.74) is 0.813.